The summed E-state index contributed by atoms with van der Waals surface area (Å²) in [7, 11) is 0. The van der Waals surface area contributed by atoms with E-state index < -0.39 is 5.97 Å². The van der Waals surface area contributed by atoms with Gasteiger partial charge in [0.1, 0.15) is 5.56 Å². The number of nitrogens with one attached hydrogen (secondary N) is 2. The minimum Gasteiger partial charge on any atom is -0.478 e. The summed E-state index contributed by atoms with van der Waals surface area (Å²) in [6.45, 7) is 3.54. The van der Waals surface area contributed by atoms with Crippen molar-refractivity contribution in [3.8, 4) is 0 Å². The molecule has 5 heteroatoms. The summed E-state index contributed by atoms with van der Waals surface area (Å²) in [5.74, 6) is -1.21. The molecule has 0 saturated heterocycles. The zero-order chi connectivity index (χ0) is 11.4. The van der Waals surface area contributed by atoms with Crippen molar-refractivity contribution >= 4 is 17.6 Å². The number of aryl methyl sites for hydroxylation is 1. The molecule has 1 heterocycles. The first-order valence-corrected chi connectivity index (χ1v) is 4.77. The van der Waals surface area contributed by atoms with Crippen LogP contribution in [-0.4, -0.2) is 22.0 Å². The Hall–Kier alpha value is -1.78. The van der Waals surface area contributed by atoms with E-state index in [4.69, 9.17) is 5.11 Å². The van der Waals surface area contributed by atoms with E-state index >= 15 is 0 Å². The monoisotopic (exact) mass is 210 g/mol. The third-order valence-corrected chi connectivity index (χ3v) is 2.04. The van der Waals surface area contributed by atoms with Gasteiger partial charge in [-0.05, 0) is 13.3 Å². The van der Waals surface area contributed by atoms with E-state index in [9.17, 15) is 9.59 Å². The Labute approximate surface area is 87.5 Å². The molecule has 0 unspecified atom stereocenters. The van der Waals surface area contributed by atoms with E-state index in [2.05, 4.69) is 10.3 Å². The Balaban J connectivity index is 2.86. The lowest BCUT2D eigenvalue weighted by molar-refractivity contribution is -0.116. The van der Waals surface area contributed by atoms with Gasteiger partial charge in [0.25, 0.3) is 0 Å². The number of hydrogen-bond acceptors (Lipinski definition) is 2. The van der Waals surface area contributed by atoms with Crippen LogP contribution in [0.5, 0.6) is 0 Å². The zero-order valence-corrected chi connectivity index (χ0v) is 8.76. The first kappa shape index (κ1) is 11.3. The Morgan fingerprint density at radius 3 is 2.73 bits per heavy atom. The Morgan fingerprint density at radius 1 is 1.53 bits per heavy atom. The van der Waals surface area contributed by atoms with Gasteiger partial charge >= 0.3 is 5.97 Å². The lowest BCUT2D eigenvalue weighted by Gasteiger charge is -2.03. The number of aromatic amines is 1. The molecule has 0 atom stereocenters. The van der Waals surface area contributed by atoms with Crippen LogP contribution in [0.3, 0.4) is 0 Å². The number of H-pyrrole nitrogens is 1. The summed E-state index contributed by atoms with van der Waals surface area (Å²) in [6, 6.07) is 0. The van der Waals surface area contributed by atoms with E-state index in [1.807, 2.05) is 6.92 Å². The predicted octanol–water partition coefficient (Wildman–Crippen LogP) is 1.76. The Kier molecular flexibility index (Phi) is 3.49. The average Bonchev–Trinajstić information content (AvgIpc) is 2.47. The van der Waals surface area contributed by atoms with Gasteiger partial charge in [-0.1, -0.05) is 6.92 Å². The van der Waals surface area contributed by atoms with E-state index in [1.165, 1.54) is 6.20 Å². The summed E-state index contributed by atoms with van der Waals surface area (Å²) in [5, 5.41) is 11.5. The van der Waals surface area contributed by atoms with Gasteiger partial charge in [0.2, 0.25) is 5.91 Å². The molecular formula is C10H14N2O3. The molecule has 0 saturated carbocycles. The summed E-state index contributed by atoms with van der Waals surface area (Å²) >= 11 is 0. The van der Waals surface area contributed by atoms with Gasteiger partial charge < -0.3 is 15.4 Å². The smallest absolute Gasteiger partial charge is 0.339 e. The van der Waals surface area contributed by atoms with Crippen LogP contribution in [-0.2, 0) is 4.79 Å². The molecule has 1 aromatic heterocycles. The molecule has 82 valence electrons. The topological polar surface area (TPSA) is 82.2 Å². The third kappa shape index (κ3) is 2.59. The maximum absolute atomic E-state index is 11.3. The van der Waals surface area contributed by atoms with Gasteiger partial charge in [0.15, 0.2) is 0 Å². The molecule has 15 heavy (non-hydrogen) atoms. The molecule has 1 amide bonds. The molecule has 0 aliphatic heterocycles. The van der Waals surface area contributed by atoms with Crippen LogP contribution < -0.4 is 5.32 Å². The van der Waals surface area contributed by atoms with Gasteiger partial charge in [-0.15, -0.1) is 0 Å². The number of hydrogen-bond donors (Lipinski definition) is 3. The molecule has 0 bridgehead atoms. The van der Waals surface area contributed by atoms with Gasteiger partial charge in [0.05, 0.1) is 5.69 Å². The minimum absolute atomic E-state index is 0.124. The van der Waals surface area contributed by atoms with Crippen molar-refractivity contribution < 1.29 is 14.7 Å². The van der Waals surface area contributed by atoms with Crippen LogP contribution in [0.15, 0.2) is 6.20 Å². The Morgan fingerprint density at radius 2 is 2.20 bits per heavy atom. The summed E-state index contributed by atoms with van der Waals surface area (Å²) in [6.07, 6.45) is 2.62. The molecule has 1 aromatic rings. The summed E-state index contributed by atoms with van der Waals surface area (Å²) in [4.78, 5) is 24.9. The van der Waals surface area contributed by atoms with Crippen molar-refractivity contribution in [2.75, 3.05) is 5.32 Å². The lowest BCUT2D eigenvalue weighted by atomic mass is 10.2. The molecule has 0 aromatic carbocycles. The van der Waals surface area contributed by atoms with E-state index in [0.29, 0.717) is 17.8 Å². The SMILES string of the molecule is CCCC(=O)Nc1c[nH]c(C)c1C(=O)O. The molecule has 3 N–H and O–H groups in total. The fraction of sp³-hybridized carbons (Fsp3) is 0.400. The number of carboxylic acids is 1. The van der Waals surface area contributed by atoms with Crippen LogP contribution in [0.4, 0.5) is 5.69 Å². The second-order valence-corrected chi connectivity index (χ2v) is 3.31. The van der Waals surface area contributed by atoms with Crippen LogP contribution in [0.1, 0.15) is 35.8 Å². The number of rotatable bonds is 4. The first-order valence-electron chi connectivity index (χ1n) is 4.77. The number of amides is 1. The van der Waals surface area contributed by atoms with Gasteiger partial charge in [-0.3, -0.25) is 4.79 Å². The highest BCUT2D eigenvalue weighted by molar-refractivity contribution is 6.01. The standard InChI is InChI=1S/C10H14N2O3/c1-3-4-8(13)12-7-5-11-6(2)9(7)10(14)15/h5,11H,3-4H2,1-2H3,(H,12,13)(H,14,15). The second kappa shape index (κ2) is 4.63. The number of carbonyl (C=O) groups is 2. The highest BCUT2D eigenvalue weighted by Gasteiger charge is 2.16. The average molecular weight is 210 g/mol. The van der Waals surface area contributed by atoms with Crippen molar-refractivity contribution in [3.63, 3.8) is 0 Å². The van der Waals surface area contributed by atoms with Gasteiger partial charge in [0, 0.05) is 18.3 Å². The zero-order valence-electron chi connectivity index (χ0n) is 8.76. The quantitative estimate of drug-likeness (QED) is 0.708. The molecule has 0 radical (unpaired) electrons. The largest absolute Gasteiger partial charge is 0.478 e. The van der Waals surface area contributed by atoms with Crippen LogP contribution in [0.2, 0.25) is 0 Å². The molecule has 0 spiro atoms. The first-order chi connectivity index (χ1) is 7.06. The van der Waals surface area contributed by atoms with E-state index in [0.717, 1.165) is 6.42 Å². The number of aromatic nitrogens is 1. The Bertz CT molecular complexity index is 382. The molecule has 5 nitrogen and oxygen atoms in total. The van der Waals surface area contributed by atoms with Crippen molar-refractivity contribution in [1.29, 1.82) is 0 Å². The van der Waals surface area contributed by atoms with E-state index in [-0.39, 0.29) is 11.5 Å². The fourth-order valence-corrected chi connectivity index (χ4v) is 1.34. The minimum atomic E-state index is -1.04. The number of carbonyl (C=O) groups excluding carboxylic acids is 1. The third-order valence-electron chi connectivity index (χ3n) is 2.04. The van der Waals surface area contributed by atoms with Crippen LogP contribution >= 0.6 is 0 Å². The normalized spacial score (nSPS) is 10.0. The number of carboxylic acid groups (broad SMARTS) is 1. The fourth-order valence-electron chi connectivity index (χ4n) is 1.34. The molecule has 0 fully saturated rings. The molecular weight excluding hydrogens is 196 g/mol. The van der Waals surface area contributed by atoms with Crippen molar-refractivity contribution in [1.82, 2.24) is 4.98 Å². The second-order valence-electron chi connectivity index (χ2n) is 3.31. The van der Waals surface area contributed by atoms with Gasteiger partial charge in [-0.2, -0.15) is 0 Å². The van der Waals surface area contributed by atoms with Crippen LogP contribution in [0, 0.1) is 6.92 Å². The van der Waals surface area contributed by atoms with Crippen molar-refractivity contribution in [3.05, 3.63) is 17.5 Å². The molecule has 0 aliphatic rings. The maximum atomic E-state index is 11.3. The number of anilines is 1. The highest BCUT2D eigenvalue weighted by Crippen LogP contribution is 2.19. The molecule has 1 rings (SSSR count). The summed E-state index contributed by atoms with van der Waals surface area (Å²) in [5.41, 5.74) is 0.993. The highest BCUT2D eigenvalue weighted by atomic mass is 16.4. The van der Waals surface area contributed by atoms with Crippen molar-refractivity contribution in [2.24, 2.45) is 0 Å². The van der Waals surface area contributed by atoms with Gasteiger partial charge in [-0.25, -0.2) is 4.79 Å². The number of aromatic carboxylic acids is 1. The van der Waals surface area contributed by atoms with E-state index in [1.54, 1.807) is 6.92 Å². The lowest BCUT2D eigenvalue weighted by Crippen LogP contribution is -2.13. The van der Waals surface area contributed by atoms with Crippen molar-refractivity contribution in [2.45, 2.75) is 26.7 Å². The molecule has 0 aliphatic carbocycles. The predicted molar refractivity (Wildman–Crippen MR) is 56.0 cm³/mol. The maximum Gasteiger partial charge on any atom is 0.339 e. The van der Waals surface area contributed by atoms with Crippen LogP contribution in [0.25, 0.3) is 0 Å². The summed E-state index contributed by atoms with van der Waals surface area (Å²) < 4.78 is 0.